The Bertz CT molecular complexity index is 527. The molecule has 2 aromatic heterocycles. The second kappa shape index (κ2) is 7.43. The summed E-state index contributed by atoms with van der Waals surface area (Å²) in [4.78, 5) is 12.8. The SMILES string of the molecule is CCCNc1nc(C)cc(NCCc2ccncc2)n1. The van der Waals surface area contributed by atoms with Crippen LogP contribution in [0.2, 0.25) is 0 Å². The summed E-state index contributed by atoms with van der Waals surface area (Å²) in [5.41, 5.74) is 2.23. The zero-order chi connectivity index (χ0) is 14.2. The molecule has 0 spiro atoms. The second-order valence-electron chi connectivity index (χ2n) is 4.68. The summed E-state index contributed by atoms with van der Waals surface area (Å²) in [5.74, 6) is 1.56. The smallest absolute Gasteiger partial charge is 0.224 e. The molecular formula is C15H21N5. The molecule has 0 fully saturated rings. The van der Waals surface area contributed by atoms with E-state index in [1.54, 1.807) is 0 Å². The predicted molar refractivity (Wildman–Crippen MR) is 82.0 cm³/mol. The molecule has 0 bridgehead atoms. The van der Waals surface area contributed by atoms with Crippen LogP contribution in [0.4, 0.5) is 11.8 Å². The summed E-state index contributed by atoms with van der Waals surface area (Å²) in [6.07, 6.45) is 5.64. The van der Waals surface area contributed by atoms with Gasteiger partial charge in [0.15, 0.2) is 0 Å². The van der Waals surface area contributed by atoms with Gasteiger partial charge in [0.2, 0.25) is 5.95 Å². The molecule has 5 nitrogen and oxygen atoms in total. The Balaban J connectivity index is 1.90. The van der Waals surface area contributed by atoms with E-state index in [1.807, 2.05) is 37.5 Å². The first-order valence-corrected chi connectivity index (χ1v) is 7.00. The lowest BCUT2D eigenvalue weighted by Crippen LogP contribution is -2.10. The van der Waals surface area contributed by atoms with Crippen LogP contribution in [-0.2, 0) is 6.42 Å². The lowest BCUT2D eigenvalue weighted by Gasteiger charge is -2.09. The zero-order valence-electron chi connectivity index (χ0n) is 12.1. The molecule has 0 atom stereocenters. The van der Waals surface area contributed by atoms with E-state index in [-0.39, 0.29) is 0 Å². The third kappa shape index (κ3) is 4.50. The van der Waals surface area contributed by atoms with Gasteiger partial charge in [-0.15, -0.1) is 0 Å². The molecule has 2 N–H and O–H groups in total. The van der Waals surface area contributed by atoms with Crippen LogP contribution in [0, 0.1) is 6.92 Å². The molecule has 0 saturated heterocycles. The highest BCUT2D eigenvalue weighted by molar-refractivity contribution is 5.42. The van der Waals surface area contributed by atoms with Crippen LogP contribution < -0.4 is 10.6 Å². The fraction of sp³-hybridized carbons (Fsp3) is 0.400. The minimum Gasteiger partial charge on any atom is -0.370 e. The van der Waals surface area contributed by atoms with E-state index in [9.17, 15) is 0 Å². The number of aromatic nitrogens is 3. The molecule has 0 amide bonds. The van der Waals surface area contributed by atoms with E-state index >= 15 is 0 Å². The number of anilines is 2. The van der Waals surface area contributed by atoms with Gasteiger partial charge in [0.1, 0.15) is 5.82 Å². The van der Waals surface area contributed by atoms with E-state index in [2.05, 4.69) is 32.5 Å². The summed E-state index contributed by atoms with van der Waals surface area (Å²) in [6, 6.07) is 6.02. The molecule has 2 rings (SSSR count). The van der Waals surface area contributed by atoms with Crippen LogP contribution in [0.3, 0.4) is 0 Å². The second-order valence-corrected chi connectivity index (χ2v) is 4.68. The number of hydrogen-bond donors (Lipinski definition) is 2. The molecular weight excluding hydrogens is 250 g/mol. The minimum atomic E-state index is 0.693. The number of pyridine rings is 1. The van der Waals surface area contributed by atoms with E-state index < -0.39 is 0 Å². The summed E-state index contributed by atoms with van der Waals surface area (Å²) in [5, 5.41) is 6.55. The summed E-state index contributed by atoms with van der Waals surface area (Å²) in [7, 11) is 0. The van der Waals surface area contributed by atoms with Gasteiger partial charge in [0, 0.05) is 37.2 Å². The Morgan fingerprint density at radius 3 is 2.60 bits per heavy atom. The highest BCUT2D eigenvalue weighted by Crippen LogP contribution is 2.10. The first-order chi connectivity index (χ1) is 9.78. The molecule has 0 aromatic carbocycles. The van der Waals surface area contributed by atoms with Crippen LogP contribution in [0.1, 0.15) is 24.6 Å². The van der Waals surface area contributed by atoms with Gasteiger partial charge in [-0.1, -0.05) is 6.92 Å². The molecule has 106 valence electrons. The number of aryl methyl sites for hydroxylation is 1. The highest BCUT2D eigenvalue weighted by atomic mass is 15.1. The van der Waals surface area contributed by atoms with Crippen molar-refractivity contribution >= 4 is 11.8 Å². The average Bonchev–Trinajstić information content (AvgIpc) is 2.46. The van der Waals surface area contributed by atoms with E-state index in [4.69, 9.17) is 0 Å². The average molecular weight is 271 g/mol. The summed E-state index contributed by atoms with van der Waals surface area (Å²) in [6.45, 7) is 5.83. The fourth-order valence-corrected chi connectivity index (χ4v) is 1.86. The quantitative estimate of drug-likeness (QED) is 0.810. The van der Waals surface area contributed by atoms with Crippen molar-refractivity contribution in [3.05, 3.63) is 41.9 Å². The van der Waals surface area contributed by atoms with Crippen molar-refractivity contribution in [2.75, 3.05) is 23.7 Å². The molecule has 0 aliphatic heterocycles. The van der Waals surface area contributed by atoms with Gasteiger partial charge in [0.05, 0.1) is 0 Å². The van der Waals surface area contributed by atoms with Crippen LogP contribution in [-0.4, -0.2) is 28.0 Å². The van der Waals surface area contributed by atoms with Gasteiger partial charge < -0.3 is 10.6 Å². The fourth-order valence-electron chi connectivity index (χ4n) is 1.86. The molecule has 0 saturated carbocycles. The molecule has 2 heterocycles. The van der Waals surface area contributed by atoms with Crippen LogP contribution in [0.25, 0.3) is 0 Å². The maximum Gasteiger partial charge on any atom is 0.224 e. The van der Waals surface area contributed by atoms with E-state index in [0.29, 0.717) is 5.95 Å². The highest BCUT2D eigenvalue weighted by Gasteiger charge is 2.01. The topological polar surface area (TPSA) is 62.7 Å². The first kappa shape index (κ1) is 14.2. The predicted octanol–water partition coefficient (Wildman–Crippen LogP) is 2.66. The molecule has 0 radical (unpaired) electrons. The maximum atomic E-state index is 4.46. The zero-order valence-corrected chi connectivity index (χ0v) is 12.1. The normalized spacial score (nSPS) is 10.3. The molecule has 0 aliphatic carbocycles. The Labute approximate surface area is 119 Å². The molecule has 0 aliphatic rings. The number of rotatable bonds is 7. The lowest BCUT2D eigenvalue weighted by atomic mass is 10.2. The lowest BCUT2D eigenvalue weighted by molar-refractivity contribution is 0.939. The van der Waals surface area contributed by atoms with E-state index in [0.717, 1.165) is 37.4 Å². The van der Waals surface area contributed by atoms with Crippen molar-refractivity contribution in [1.82, 2.24) is 15.0 Å². The van der Waals surface area contributed by atoms with Crippen molar-refractivity contribution < 1.29 is 0 Å². The van der Waals surface area contributed by atoms with Crippen molar-refractivity contribution in [3.63, 3.8) is 0 Å². The molecule has 20 heavy (non-hydrogen) atoms. The maximum absolute atomic E-state index is 4.46. The first-order valence-electron chi connectivity index (χ1n) is 7.00. The van der Waals surface area contributed by atoms with Crippen LogP contribution in [0.15, 0.2) is 30.6 Å². The van der Waals surface area contributed by atoms with Gasteiger partial charge in [0.25, 0.3) is 0 Å². The molecule has 0 unspecified atom stereocenters. The number of nitrogens with one attached hydrogen (secondary N) is 2. The minimum absolute atomic E-state index is 0.693. The Hall–Kier alpha value is -2.17. The van der Waals surface area contributed by atoms with Crippen molar-refractivity contribution in [2.45, 2.75) is 26.7 Å². The van der Waals surface area contributed by atoms with Crippen molar-refractivity contribution in [1.29, 1.82) is 0 Å². The Morgan fingerprint density at radius 2 is 1.85 bits per heavy atom. The van der Waals surface area contributed by atoms with Crippen LogP contribution >= 0.6 is 0 Å². The summed E-state index contributed by atoms with van der Waals surface area (Å²) < 4.78 is 0. The van der Waals surface area contributed by atoms with Gasteiger partial charge in [-0.25, -0.2) is 4.98 Å². The standard InChI is InChI=1S/C15H21N5/c1-3-7-18-15-19-12(2)11-14(20-15)17-10-6-13-4-8-16-9-5-13/h4-5,8-9,11H,3,6-7,10H2,1-2H3,(H2,17,18,19,20). The summed E-state index contributed by atoms with van der Waals surface area (Å²) >= 11 is 0. The molecule has 5 heteroatoms. The Kier molecular flexibility index (Phi) is 5.29. The van der Waals surface area contributed by atoms with Crippen molar-refractivity contribution in [3.8, 4) is 0 Å². The van der Waals surface area contributed by atoms with Crippen LogP contribution in [0.5, 0.6) is 0 Å². The van der Waals surface area contributed by atoms with E-state index in [1.165, 1.54) is 5.56 Å². The monoisotopic (exact) mass is 271 g/mol. The third-order valence-corrected chi connectivity index (χ3v) is 2.86. The van der Waals surface area contributed by atoms with Gasteiger partial charge in [-0.3, -0.25) is 4.98 Å². The van der Waals surface area contributed by atoms with Gasteiger partial charge in [-0.2, -0.15) is 4.98 Å². The Morgan fingerprint density at radius 1 is 1.05 bits per heavy atom. The van der Waals surface area contributed by atoms with Crippen molar-refractivity contribution in [2.24, 2.45) is 0 Å². The third-order valence-electron chi connectivity index (χ3n) is 2.86. The largest absolute Gasteiger partial charge is 0.370 e. The molecule has 2 aromatic rings. The number of nitrogens with zero attached hydrogens (tertiary/aromatic N) is 3. The van der Waals surface area contributed by atoms with Gasteiger partial charge >= 0.3 is 0 Å². The van der Waals surface area contributed by atoms with Gasteiger partial charge in [-0.05, 0) is 37.5 Å². The number of hydrogen-bond acceptors (Lipinski definition) is 5.